The van der Waals surface area contributed by atoms with E-state index in [9.17, 15) is 9.59 Å². The van der Waals surface area contributed by atoms with E-state index in [0.29, 0.717) is 19.6 Å². The minimum absolute atomic E-state index is 0.0492. The van der Waals surface area contributed by atoms with Crippen LogP contribution in [0.2, 0.25) is 0 Å². The summed E-state index contributed by atoms with van der Waals surface area (Å²) in [4.78, 5) is 24.9. The zero-order chi connectivity index (χ0) is 15.2. The van der Waals surface area contributed by atoms with Crippen LogP contribution in [0.4, 0.5) is 4.79 Å². The second-order valence-electron chi connectivity index (χ2n) is 5.15. The Balaban J connectivity index is 1.91. The number of hydrogen-bond donors (Lipinski definition) is 2. The fraction of sp³-hybridized carbons (Fsp3) is 0.467. The highest BCUT2D eigenvalue weighted by Crippen LogP contribution is 2.19. The standard InChI is InChI=1S/C15H21N3O3/c1-21-13-7-3-2-5-11(13)9-17-14(19)12-6-4-8-18(10-12)15(16)20/h2-3,5,7,12H,4,6,8-10H2,1H3,(H2,16,20)(H,17,19)/t12-/m0/s1. The third-order valence-corrected chi connectivity index (χ3v) is 3.75. The van der Waals surface area contributed by atoms with Crippen LogP contribution in [0.15, 0.2) is 24.3 Å². The molecule has 1 aromatic rings. The lowest BCUT2D eigenvalue weighted by Crippen LogP contribution is -2.47. The molecule has 3 amide bonds. The van der Waals surface area contributed by atoms with Crippen molar-refractivity contribution in [1.29, 1.82) is 0 Å². The van der Waals surface area contributed by atoms with Gasteiger partial charge in [-0.3, -0.25) is 4.79 Å². The number of primary amides is 1. The van der Waals surface area contributed by atoms with E-state index in [1.807, 2.05) is 24.3 Å². The first-order chi connectivity index (χ1) is 10.1. The SMILES string of the molecule is COc1ccccc1CNC(=O)[C@H]1CCCN(C(N)=O)C1. The van der Waals surface area contributed by atoms with Gasteiger partial charge in [0.25, 0.3) is 0 Å². The molecule has 0 aromatic heterocycles. The summed E-state index contributed by atoms with van der Waals surface area (Å²) >= 11 is 0. The maximum atomic E-state index is 12.2. The molecule has 0 unspecified atom stereocenters. The number of carbonyl (C=O) groups excluding carboxylic acids is 2. The van der Waals surface area contributed by atoms with Crippen LogP contribution in [0.1, 0.15) is 18.4 Å². The van der Waals surface area contributed by atoms with Crippen LogP contribution in [-0.4, -0.2) is 37.0 Å². The Labute approximate surface area is 124 Å². The Kier molecular flexibility index (Phi) is 5.03. The van der Waals surface area contributed by atoms with Crippen molar-refractivity contribution in [1.82, 2.24) is 10.2 Å². The smallest absolute Gasteiger partial charge is 0.314 e. The fourth-order valence-corrected chi connectivity index (χ4v) is 2.57. The van der Waals surface area contributed by atoms with E-state index >= 15 is 0 Å². The summed E-state index contributed by atoms with van der Waals surface area (Å²) in [5.74, 6) is 0.507. The Morgan fingerprint density at radius 1 is 1.43 bits per heavy atom. The lowest BCUT2D eigenvalue weighted by molar-refractivity contribution is -0.126. The zero-order valence-corrected chi connectivity index (χ0v) is 12.2. The molecule has 0 saturated carbocycles. The van der Waals surface area contributed by atoms with Crippen LogP contribution in [0.3, 0.4) is 0 Å². The molecule has 1 atom stereocenters. The van der Waals surface area contributed by atoms with E-state index in [4.69, 9.17) is 10.5 Å². The highest BCUT2D eigenvalue weighted by Gasteiger charge is 2.27. The Morgan fingerprint density at radius 3 is 2.90 bits per heavy atom. The van der Waals surface area contributed by atoms with Crippen molar-refractivity contribution in [3.63, 3.8) is 0 Å². The molecule has 0 aliphatic carbocycles. The maximum Gasteiger partial charge on any atom is 0.314 e. The van der Waals surface area contributed by atoms with Crippen molar-refractivity contribution in [2.45, 2.75) is 19.4 Å². The molecule has 3 N–H and O–H groups in total. The first-order valence-electron chi connectivity index (χ1n) is 7.05. The van der Waals surface area contributed by atoms with Crippen molar-refractivity contribution < 1.29 is 14.3 Å². The summed E-state index contributed by atoms with van der Waals surface area (Å²) in [7, 11) is 1.60. The van der Waals surface area contributed by atoms with Crippen LogP contribution in [0.25, 0.3) is 0 Å². The number of nitrogens with zero attached hydrogens (tertiary/aromatic N) is 1. The minimum atomic E-state index is -0.461. The largest absolute Gasteiger partial charge is 0.496 e. The zero-order valence-electron chi connectivity index (χ0n) is 12.2. The normalized spacial score (nSPS) is 18.1. The second kappa shape index (κ2) is 6.97. The molecule has 1 heterocycles. The number of para-hydroxylation sites is 1. The molecular weight excluding hydrogens is 270 g/mol. The predicted octanol–water partition coefficient (Wildman–Crippen LogP) is 1.10. The van der Waals surface area contributed by atoms with E-state index in [0.717, 1.165) is 24.2 Å². The van der Waals surface area contributed by atoms with Gasteiger partial charge in [-0.15, -0.1) is 0 Å². The van der Waals surface area contributed by atoms with E-state index in [2.05, 4.69) is 5.32 Å². The highest BCUT2D eigenvalue weighted by molar-refractivity contribution is 5.80. The average molecular weight is 291 g/mol. The van der Waals surface area contributed by atoms with Crippen molar-refractivity contribution in [2.75, 3.05) is 20.2 Å². The Morgan fingerprint density at radius 2 is 2.19 bits per heavy atom. The Hall–Kier alpha value is -2.24. The summed E-state index contributed by atoms with van der Waals surface area (Å²) in [5, 5.41) is 2.91. The molecule has 6 nitrogen and oxygen atoms in total. The number of piperidine rings is 1. The highest BCUT2D eigenvalue weighted by atomic mass is 16.5. The van der Waals surface area contributed by atoms with E-state index in [1.165, 1.54) is 4.90 Å². The molecule has 0 radical (unpaired) electrons. The summed E-state index contributed by atoms with van der Waals surface area (Å²) < 4.78 is 5.25. The topological polar surface area (TPSA) is 84.7 Å². The van der Waals surface area contributed by atoms with E-state index < -0.39 is 6.03 Å². The van der Waals surface area contributed by atoms with Gasteiger partial charge < -0.3 is 20.7 Å². The molecule has 2 rings (SSSR count). The summed E-state index contributed by atoms with van der Waals surface area (Å²) in [5.41, 5.74) is 6.20. The molecule has 1 aromatic carbocycles. The van der Waals surface area contributed by atoms with Gasteiger partial charge in [0, 0.05) is 25.2 Å². The second-order valence-corrected chi connectivity index (χ2v) is 5.15. The summed E-state index contributed by atoms with van der Waals surface area (Å²) in [6.07, 6.45) is 1.58. The van der Waals surface area contributed by atoms with Gasteiger partial charge in [0.2, 0.25) is 5.91 Å². The Bertz CT molecular complexity index is 519. The van der Waals surface area contributed by atoms with Gasteiger partial charge >= 0.3 is 6.03 Å². The minimum Gasteiger partial charge on any atom is -0.496 e. The molecule has 0 bridgehead atoms. The number of urea groups is 1. The third-order valence-electron chi connectivity index (χ3n) is 3.75. The quantitative estimate of drug-likeness (QED) is 0.871. The van der Waals surface area contributed by atoms with Gasteiger partial charge in [-0.1, -0.05) is 18.2 Å². The average Bonchev–Trinajstić information content (AvgIpc) is 2.52. The van der Waals surface area contributed by atoms with Gasteiger partial charge in [0.05, 0.1) is 13.0 Å². The molecule has 6 heteroatoms. The molecule has 1 aliphatic heterocycles. The molecular formula is C15H21N3O3. The van der Waals surface area contributed by atoms with E-state index in [-0.39, 0.29) is 11.8 Å². The number of rotatable bonds is 4. The molecule has 0 spiro atoms. The number of carbonyl (C=O) groups is 2. The number of benzene rings is 1. The van der Waals surface area contributed by atoms with Crippen LogP contribution in [0.5, 0.6) is 5.75 Å². The molecule has 21 heavy (non-hydrogen) atoms. The summed E-state index contributed by atoms with van der Waals surface area (Å²) in [6, 6.07) is 7.10. The fourth-order valence-electron chi connectivity index (χ4n) is 2.57. The van der Waals surface area contributed by atoms with Gasteiger partial charge in [0.1, 0.15) is 5.75 Å². The number of likely N-dealkylation sites (tertiary alicyclic amines) is 1. The lowest BCUT2D eigenvalue weighted by atomic mass is 9.97. The van der Waals surface area contributed by atoms with Gasteiger partial charge in [0.15, 0.2) is 0 Å². The summed E-state index contributed by atoms with van der Waals surface area (Å²) in [6.45, 7) is 1.44. The number of ether oxygens (including phenoxy) is 1. The van der Waals surface area contributed by atoms with Gasteiger partial charge in [-0.2, -0.15) is 0 Å². The number of methoxy groups -OCH3 is 1. The number of nitrogens with one attached hydrogen (secondary N) is 1. The number of hydrogen-bond acceptors (Lipinski definition) is 3. The number of nitrogens with two attached hydrogens (primary N) is 1. The third kappa shape index (κ3) is 3.87. The molecule has 1 saturated heterocycles. The van der Waals surface area contributed by atoms with Crippen molar-refractivity contribution in [3.8, 4) is 5.75 Å². The van der Waals surface area contributed by atoms with Crippen LogP contribution in [0, 0.1) is 5.92 Å². The maximum absolute atomic E-state index is 12.2. The predicted molar refractivity (Wildman–Crippen MR) is 78.7 cm³/mol. The van der Waals surface area contributed by atoms with Gasteiger partial charge in [-0.05, 0) is 18.9 Å². The number of amides is 3. The lowest BCUT2D eigenvalue weighted by Gasteiger charge is -2.30. The van der Waals surface area contributed by atoms with Crippen molar-refractivity contribution >= 4 is 11.9 Å². The first kappa shape index (κ1) is 15.2. The first-order valence-corrected chi connectivity index (χ1v) is 7.05. The van der Waals surface area contributed by atoms with Crippen LogP contribution < -0.4 is 15.8 Å². The molecule has 114 valence electrons. The molecule has 1 aliphatic rings. The monoisotopic (exact) mass is 291 g/mol. The van der Waals surface area contributed by atoms with Crippen molar-refractivity contribution in [2.24, 2.45) is 11.7 Å². The van der Waals surface area contributed by atoms with Crippen LogP contribution >= 0.6 is 0 Å². The van der Waals surface area contributed by atoms with Crippen molar-refractivity contribution in [3.05, 3.63) is 29.8 Å². The van der Waals surface area contributed by atoms with Crippen LogP contribution in [-0.2, 0) is 11.3 Å². The van der Waals surface area contributed by atoms with E-state index in [1.54, 1.807) is 7.11 Å². The van der Waals surface area contributed by atoms with Gasteiger partial charge in [-0.25, -0.2) is 4.79 Å². The molecule has 1 fully saturated rings.